The molecule has 0 spiro atoms. The fraction of sp³-hybridized carbons (Fsp3) is 0.538. The first-order valence-electron chi connectivity index (χ1n) is 5.63. The molecule has 0 aliphatic carbocycles. The van der Waals surface area contributed by atoms with Crippen molar-refractivity contribution in [2.24, 2.45) is 0 Å². The highest BCUT2D eigenvalue weighted by molar-refractivity contribution is 5.29. The lowest BCUT2D eigenvalue weighted by atomic mass is 10.0. The van der Waals surface area contributed by atoms with Crippen molar-refractivity contribution in [3.8, 4) is 0 Å². The van der Waals surface area contributed by atoms with Crippen LogP contribution in [0.3, 0.4) is 0 Å². The van der Waals surface area contributed by atoms with E-state index < -0.39 is 0 Å². The Bertz CT molecular complexity index is 309. The van der Waals surface area contributed by atoms with Crippen LogP contribution in [0.2, 0.25) is 0 Å². The highest BCUT2D eigenvalue weighted by atomic mass is 16.5. The van der Waals surface area contributed by atoms with Crippen LogP contribution in [0.5, 0.6) is 0 Å². The Balaban J connectivity index is 2.02. The molecule has 2 heteroatoms. The van der Waals surface area contributed by atoms with Crippen LogP contribution in [0.15, 0.2) is 18.2 Å². The zero-order valence-corrected chi connectivity index (χ0v) is 9.55. The molecule has 0 aromatic heterocycles. The molecule has 0 radical (unpaired) electrons. The molecule has 1 unspecified atom stereocenters. The van der Waals surface area contributed by atoms with Crippen LogP contribution in [0.4, 0.5) is 0 Å². The summed E-state index contributed by atoms with van der Waals surface area (Å²) < 4.78 is 5.70. The van der Waals surface area contributed by atoms with E-state index in [1.807, 2.05) is 0 Å². The number of nitrogens with one attached hydrogen (secondary N) is 1. The largest absolute Gasteiger partial charge is 0.375 e. The topological polar surface area (TPSA) is 21.3 Å². The maximum absolute atomic E-state index is 5.70. The molecule has 0 saturated carbocycles. The summed E-state index contributed by atoms with van der Waals surface area (Å²) in [5.74, 6) is 0. The molecule has 15 heavy (non-hydrogen) atoms. The second-order valence-corrected chi connectivity index (χ2v) is 4.40. The first-order chi connectivity index (χ1) is 7.24. The van der Waals surface area contributed by atoms with E-state index >= 15 is 0 Å². The predicted octanol–water partition coefficient (Wildman–Crippen LogP) is 1.83. The van der Waals surface area contributed by atoms with Crippen LogP contribution < -0.4 is 5.32 Å². The van der Waals surface area contributed by atoms with E-state index in [4.69, 9.17) is 4.74 Å². The zero-order chi connectivity index (χ0) is 10.7. The van der Waals surface area contributed by atoms with Gasteiger partial charge in [-0.1, -0.05) is 29.3 Å². The van der Waals surface area contributed by atoms with Gasteiger partial charge in [0.15, 0.2) is 0 Å². The highest BCUT2D eigenvalue weighted by Gasteiger charge is 2.13. The smallest absolute Gasteiger partial charge is 0.0740 e. The average molecular weight is 205 g/mol. The number of ether oxygens (including phenoxy) is 1. The van der Waals surface area contributed by atoms with E-state index in [9.17, 15) is 0 Å². The fourth-order valence-electron chi connectivity index (χ4n) is 2.20. The van der Waals surface area contributed by atoms with E-state index in [-0.39, 0.29) is 0 Å². The highest BCUT2D eigenvalue weighted by Crippen LogP contribution is 2.12. The van der Waals surface area contributed by atoms with Crippen LogP contribution >= 0.6 is 0 Å². The van der Waals surface area contributed by atoms with Gasteiger partial charge < -0.3 is 10.1 Å². The summed E-state index contributed by atoms with van der Waals surface area (Å²) in [7, 11) is 0. The van der Waals surface area contributed by atoms with Crippen LogP contribution in [0, 0.1) is 13.8 Å². The normalized spacial score (nSPS) is 21.6. The molecule has 1 heterocycles. The van der Waals surface area contributed by atoms with Gasteiger partial charge in [-0.2, -0.15) is 0 Å². The molecule has 1 aromatic rings. The molecule has 2 rings (SSSR count). The Morgan fingerprint density at radius 3 is 2.60 bits per heavy atom. The van der Waals surface area contributed by atoms with Crippen LogP contribution in [0.1, 0.15) is 16.7 Å². The monoisotopic (exact) mass is 205 g/mol. The third-order valence-electron chi connectivity index (χ3n) is 2.75. The average Bonchev–Trinajstić information content (AvgIpc) is 2.17. The lowest BCUT2D eigenvalue weighted by Crippen LogP contribution is -2.39. The van der Waals surface area contributed by atoms with Crippen LogP contribution in [-0.4, -0.2) is 25.8 Å². The summed E-state index contributed by atoms with van der Waals surface area (Å²) in [4.78, 5) is 0. The third kappa shape index (κ3) is 3.05. The van der Waals surface area contributed by atoms with Gasteiger partial charge >= 0.3 is 0 Å². The van der Waals surface area contributed by atoms with Gasteiger partial charge in [-0.3, -0.25) is 0 Å². The minimum absolute atomic E-state index is 0.347. The minimum Gasteiger partial charge on any atom is -0.375 e. The van der Waals surface area contributed by atoms with Gasteiger partial charge in [0.05, 0.1) is 12.7 Å². The molecule has 1 aliphatic heterocycles. The molecule has 2 nitrogen and oxygen atoms in total. The molecule has 0 amide bonds. The zero-order valence-electron chi connectivity index (χ0n) is 9.55. The maximum Gasteiger partial charge on any atom is 0.0740 e. The molecular formula is C13H19NO. The van der Waals surface area contributed by atoms with E-state index in [0.717, 1.165) is 26.1 Å². The lowest BCUT2D eigenvalue weighted by molar-refractivity contribution is 0.0292. The molecule has 1 atom stereocenters. The van der Waals surface area contributed by atoms with Crippen molar-refractivity contribution in [2.45, 2.75) is 26.4 Å². The molecule has 82 valence electrons. The summed E-state index contributed by atoms with van der Waals surface area (Å²) in [6.45, 7) is 7.11. The molecule has 1 N–H and O–H groups in total. The van der Waals surface area contributed by atoms with Crippen molar-refractivity contribution in [3.63, 3.8) is 0 Å². The van der Waals surface area contributed by atoms with E-state index in [0.29, 0.717) is 6.10 Å². The van der Waals surface area contributed by atoms with E-state index in [2.05, 4.69) is 37.4 Å². The van der Waals surface area contributed by atoms with Gasteiger partial charge in [-0.05, 0) is 25.8 Å². The molecular weight excluding hydrogens is 186 g/mol. The van der Waals surface area contributed by atoms with Gasteiger partial charge in [0.2, 0.25) is 0 Å². The first-order valence-corrected chi connectivity index (χ1v) is 5.63. The number of benzene rings is 1. The molecule has 1 fully saturated rings. The SMILES string of the molecule is Cc1cc(C)cc(CC2CNCCO2)c1. The summed E-state index contributed by atoms with van der Waals surface area (Å²) in [6.07, 6.45) is 1.37. The van der Waals surface area contributed by atoms with Crippen molar-refractivity contribution in [3.05, 3.63) is 34.9 Å². The van der Waals surface area contributed by atoms with Crippen molar-refractivity contribution in [1.29, 1.82) is 0 Å². The number of morpholine rings is 1. The number of hydrogen-bond acceptors (Lipinski definition) is 2. The fourth-order valence-corrected chi connectivity index (χ4v) is 2.20. The Labute approximate surface area is 91.6 Å². The Morgan fingerprint density at radius 1 is 1.27 bits per heavy atom. The standard InChI is InChI=1S/C13H19NO/c1-10-5-11(2)7-12(6-10)8-13-9-14-3-4-15-13/h5-7,13-14H,3-4,8-9H2,1-2H3. The quantitative estimate of drug-likeness (QED) is 0.795. The maximum atomic E-state index is 5.70. The van der Waals surface area contributed by atoms with Gasteiger partial charge in [0.25, 0.3) is 0 Å². The predicted molar refractivity (Wildman–Crippen MR) is 62.2 cm³/mol. The molecule has 0 bridgehead atoms. The Kier molecular flexibility index (Phi) is 3.39. The van der Waals surface area contributed by atoms with Crippen LogP contribution in [-0.2, 0) is 11.2 Å². The van der Waals surface area contributed by atoms with Gasteiger partial charge in [0.1, 0.15) is 0 Å². The number of hydrogen-bond donors (Lipinski definition) is 1. The second kappa shape index (κ2) is 4.77. The Hall–Kier alpha value is -0.860. The van der Waals surface area contributed by atoms with Crippen molar-refractivity contribution < 1.29 is 4.74 Å². The van der Waals surface area contributed by atoms with Crippen molar-refractivity contribution in [2.75, 3.05) is 19.7 Å². The summed E-state index contributed by atoms with van der Waals surface area (Å²) in [5, 5.41) is 3.36. The molecule has 1 aliphatic rings. The Morgan fingerprint density at radius 2 is 2.00 bits per heavy atom. The summed E-state index contributed by atoms with van der Waals surface area (Å²) in [6, 6.07) is 6.72. The summed E-state index contributed by atoms with van der Waals surface area (Å²) in [5.41, 5.74) is 4.07. The van der Waals surface area contributed by atoms with Crippen molar-refractivity contribution >= 4 is 0 Å². The van der Waals surface area contributed by atoms with Gasteiger partial charge in [-0.15, -0.1) is 0 Å². The minimum atomic E-state index is 0.347. The lowest BCUT2D eigenvalue weighted by Gasteiger charge is -2.23. The first kappa shape index (κ1) is 10.7. The third-order valence-corrected chi connectivity index (χ3v) is 2.75. The van der Waals surface area contributed by atoms with E-state index in [1.54, 1.807) is 0 Å². The number of aryl methyl sites for hydroxylation is 2. The van der Waals surface area contributed by atoms with Crippen molar-refractivity contribution in [1.82, 2.24) is 5.32 Å². The van der Waals surface area contributed by atoms with Gasteiger partial charge in [-0.25, -0.2) is 0 Å². The summed E-state index contributed by atoms with van der Waals surface area (Å²) >= 11 is 0. The van der Waals surface area contributed by atoms with Gasteiger partial charge in [0, 0.05) is 13.1 Å². The van der Waals surface area contributed by atoms with E-state index in [1.165, 1.54) is 16.7 Å². The molecule has 1 saturated heterocycles. The molecule has 1 aromatic carbocycles. The number of rotatable bonds is 2. The van der Waals surface area contributed by atoms with Crippen LogP contribution in [0.25, 0.3) is 0 Å². The second-order valence-electron chi connectivity index (χ2n) is 4.40.